The predicted octanol–water partition coefficient (Wildman–Crippen LogP) is 1.25. The van der Waals surface area contributed by atoms with Gasteiger partial charge in [0.05, 0.1) is 0 Å². The number of carboxylic acids is 1. The fraction of sp³-hybridized carbons (Fsp3) is 0.429. The molecule has 2 N–H and O–H groups in total. The first kappa shape index (κ1) is 15.2. The minimum atomic E-state index is -1.23. The molecule has 0 fully saturated rings. The van der Waals surface area contributed by atoms with Crippen molar-refractivity contribution in [3.05, 3.63) is 28.8 Å². The average molecular weight is 264 g/mol. The van der Waals surface area contributed by atoms with Crippen molar-refractivity contribution in [2.24, 2.45) is 0 Å². The largest absolute Gasteiger partial charge is 0.480 e. The molecule has 0 aliphatic rings. The molecule has 0 spiro atoms. The number of nitrogens with zero attached hydrogens (tertiary/aromatic N) is 1. The van der Waals surface area contributed by atoms with Crippen molar-refractivity contribution in [2.75, 3.05) is 19.0 Å². The maximum Gasteiger partial charge on any atom is 0.330 e. The Morgan fingerprint density at radius 1 is 1.16 bits per heavy atom. The third kappa shape index (κ3) is 3.12. The fourth-order valence-electron chi connectivity index (χ4n) is 1.97. The zero-order valence-electron chi connectivity index (χ0n) is 11.9. The van der Waals surface area contributed by atoms with E-state index in [1.807, 2.05) is 32.9 Å². The quantitative estimate of drug-likeness (QED) is 0.803. The van der Waals surface area contributed by atoms with Gasteiger partial charge in [0.15, 0.2) is 6.04 Å². The highest BCUT2D eigenvalue weighted by Crippen LogP contribution is 2.23. The van der Waals surface area contributed by atoms with Crippen molar-refractivity contribution in [2.45, 2.75) is 26.8 Å². The van der Waals surface area contributed by atoms with Crippen LogP contribution in [0.25, 0.3) is 0 Å². The van der Waals surface area contributed by atoms with Crippen LogP contribution in [-0.2, 0) is 9.59 Å². The molecule has 0 aliphatic heterocycles. The zero-order chi connectivity index (χ0) is 14.7. The second-order valence-corrected chi connectivity index (χ2v) is 4.68. The maximum atomic E-state index is 12.1. The molecule has 1 aromatic rings. The lowest BCUT2D eigenvalue weighted by Gasteiger charge is -2.23. The van der Waals surface area contributed by atoms with Gasteiger partial charge < -0.3 is 10.0 Å². The van der Waals surface area contributed by atoms with Gasteiger partial charge in [-0.2, -0.15) is 0 Å². The van der Waals surface area contributed by atoms with Crippen LogP contribution >= 0.6 is 0 Å². The lowest BCUT2D eigenvalue weighted by Crippen LogP contribution is -2.48. The molecule has 0 bridgehead atoms. The summed E-state index contributed by atoms with van der Waals surface area (Å²) in [6.07, 6.45) is 0. The summed E-state index contributed by atoms with van der Waals surface area (Å²) in [6.45, 7) is 5.87. The molecule has 0 saturated carbocycles. The van der Waals surface area contributed by atoms with Crippen molar-refractivity contribution >= 4 is 17.6 Å². The first-order valence-electron chi connectivity index (χ1n) is 6.05. The van der Waals surface area contributed by atoms with E-state index in [4.69, 9.17) is 5.11 Å². The van der Waals surface area contributed by atoms with Gasteiger partial charge in [-0.05, 0) is 50.6 Å². The predicted molar refractivity (Wildman–Crippen MR) is 74.5 cm³/mol. The summed E-state index contributed by atoms with van der Waals surface area (Å²) in [5.41, 5.74) is 3.89. The summed E-state index contributed by atoms with van der Waals surface area (Å²) < 4.78 is 0. The molecule has 5 nitrogen and oxygen atoms in total. The summed E-state index contributed by atoms with van der Waals surface area (Å²) in [5, 5.41) is 11.5. The lowest BCUT2D eigenvalue weighted by atomic mass is 10.0. The van der Waals surface area contributed by atoms with Crippen LogP contribution in [0.2, 0.25) is 0 Å². The molecule has 0 saturated heterocycles. The summed E-state index contributed by atoms with van der Waals surface area (Å²) in [6, 6.07) is 2.66. The Morgan fingerprint density at radius 3 is 2.16 bits per heavy atom. The van der Waals surface area contributed by atoms with E-state index in [9.17, 15) is 9.59 Å². The fourth-order valence-corrected chi connectivity index (χ4v) is 1.97. The van der Waals surface area contributed by atoms with E-state index in [-0.39, 0.29) is 0 Å². The van der Waals surface area contributed by atoms with Gasteiger partial charge in [-0.3, -0.25) is 10.1 Å². The van der Waals surface area contributed by atoms with E-state index >= 15 is 0 Å². The topological polar surface area (TPSA) is 69.6 Å². The summed E-state index contributed by atoms with van der Waals surface area (Å²) in [5.74, 6) is -1.66. The maximum absolute atomic E-state index is 12.1. The van der Waals surface area contributed by atoms with Gasteiger partial charge in [0, 0.05) is 12.7 Å². The Kier molecular flexibility index (Phi) is 4.67. The van der Waals surface area contributed by atoms with Gasteiger partial charge in [-0.15, -0.1) is 0 Å². The molecule has 0 aromatic heterocycles. The van der Waals surface area contributed by atoms with Gasteiger partial charge in [0.2, 0.25) is 0 Å². The smallest absolute Gasteiger partial charge is 0.330 e. The minimum absolute atomic E-state index is 0.485. The zero-order valence-corrected chi connectivity index (χ0v) is 11.9. The van der Waals surface area contributed by atoms with Crippen LogP contribution in [-0.4, -0.2) is 37.1 Å². The Balaban J connectivity index is 3.13. The molecule has 1 atom stereocenters. The molecule has 0 aliphatic carbocycles. The van der Waals surface area contributed by atoms with Crippen LogP contribution in [0.15, 0.2) is 12.1 Å². The van der Waals surface area contributed by atoms with Crippen LogP contribution in [0.4, 0.5) is 5.69 Å². The van der Waals surface area contributed by atoms with Crippen molar-refractivity contribution in [3.63, 3.8) is 0 Å². The van der Waals surface area contributed by atoms with E-state index in [0.29, 0.717) is 0 Å². The number of aryl methyl sites for hydroxylation is 3. The molecular formula is C14H20N2O3. The van der Waals surface area contributed by atoms with E-state index < -0.39 is 17.9 Å². The Labute approximate surface area is 113 Å². The molecule has 1 rings (SSSR count). The van der Waals surface area contributed by atoms with Crippen LogP contribution in [0.3, 0.4) is 0 Å². The van der Waals surface area contributed by atoms with E-state index in [1.165, 1.54) is 11.9 Å². The Morgan fingerprint density at radius 2 is 1.68 bits per heavy atom. The number of benzene rings is 1. The number of carbonyl (C=O) groups is 2. The molecule has 1 amide bonds. The van der Waals surface area contributed by atoms with Crippen LogP contribution < -0.4 is 10.2 Å². The highest BCUT2D eigenvalue weighted by Gasteiger charge is 2.28. The number of hydrogen-bond donors (Lipinski definition) is 2. The third-order valence-corrected chi connectivity index (χ3v) is 3.29. The van der Waals surface area contributed by atoms with E-state index in [0.717, 1.165) is 22.4 Å². The molecule has 104 valence electrons. The van der Waals surface area contributed by atoms with Crippen molar-refractivity contribution < 1.29 is 14.7 Å². The highest BCUT2D eigenvalue weighted by molar-refractivity contribution is 6.09. The number of anilines is 1. The number of amides is 1. The monoisotopic (exact) mass is 264 g/mol. The van der Waals surface area contributed by atoms with Crippen LogP contribution in [0, 0.1) is 20.8 Å². The Hall–Kier alpha value is -1.88. The highest BCUT2D eigenvalue weighted by atomic mass is 16.4. The second-order valence-electron chi connectivity index (χ2n) is 4.68. The number of hydrogen-bond acceptors (Lipinski definition) is 3. The minimum Gasteiger partial charge on any atom is -0.480 e. The number of likely N-dealkylation sites (N-methyl/N-ethyl adjacent to an activating group) is 2. The standard InChI is InChI=1S/C14H20N2O3/c1-8-6-10(3)11(7-9(8)2)16(5)13(17)12(15-4)14(18)19/h6-7,12,15H,1-5H3,(H,18,19). The van der Waals surface area contributed by atoms with Gasteiger partial charge in [0.1, 0.15) is 0 Å². The molecule has 5 heteroatoms. The van der Waals surface area contributed by atoms with Crippen LogP contribution in [0.1, 0.15) is 16.7 Å². The number of carbonyl (C=O) groups excluding carboxylic acids is 1. The molecule has 19 heavy (non-hydrogen) atoms. The Bertz CT molecular complexity index is 512. The molecule has 1 unspecified atom stereocenters. The number of carboxylic acid groups (broad SMARTS) is 1. The second kappa shape index (κ2) is 5.84. The molecule has 0 radical (unpaired) electrons. The summed E-state index contributed by atoms with van der Waals surface area (Å²) in [7, 11) is 3.05. The number of nitrogens with one attached hydrogen (secondary N) is 1. The first-order valence-corrected chi connectivity index (χ1v) is 6.05. The van der Waals surface area contributed by atoms with E-state index in [2.05, 4.69) is 5.32 Å². The summed E-state index contributed by atoms with van der Waals surface area (Å²) in [4.78, 5) is 24.5. The van der Waals surface area contributed by atoms with Gasteiger partial charge >= 0.3 is 5.97 Å². The van der Waals surface area contributed by atoms with Gasteiger partial charge in [-0.1, -0.05) is 6.07 Å². The van der Waals surface area contributed by atoms with Gasteiger partial charge in [0.25, 0.3) is 5.91 Å². The average Bonchev–Trinajstić information content (AvgIpc) is 2.33. The van der Waals surface area contributed by atoms with Crippen molar-refractivity contribution in [1.29, 1.82) is 0 Å². The molecule has 1 aromatic carbocycles. The number of rotatable bonds is 4. The SMILES string of the molecule is CNC(C(=O)O)C(=O)N(C)c1cc(C)c(C)cc1C. The van der Waals surface area contributed by atoms with Crippen molar-refractivity contribution in [1.82, 2.24) is 5.32 Å². The lowest BCUT2D eigenvalue weighted by molar-refractivity contribution is -0.143. The third-order valence-electron chi connectivity index (χ3n) is 3.29. The van der Waals surface area contributed by atoms with E-state index in [1.54, 1.807) is 7.05 Å². The number of aliphatic carboxylic acids is 1. The molecule has 0 heterocycles. The normalized spacial score (nSPS) is 12.1. The van der Waals surface area contributed by atoms with Crippen molar-refractivity contribution in [3.8, 4) is 0 Å². The van der Waals surface area contributed by atoms with Gasteiger partial charge in [-0.25, -0.2) is 4.79 Å². The molecular weight excluding hydrogens is 244 g/mol. The van der Waals surface area contributed by atoms with Crippen LogP contribution in [0.5, 0.6) is 0 Å². The first-order chi connectivity index (χ1) is 8.79. The summed E-state index contributed by atoms with van der Waals surface area (Å²) >= 11 is 0.